The van der Waals surface area contributed by atoms with Crippen LogP contribution in [0.15, 0.2) is 27.8 Å². The topological polar surface area (TPSA) is 67.1 Å². The monoisotopic (exact) mass is 361 g/mol. The van der Waals surface area contributed by atoms with Crippen LogP contribution >= 0.6 is 0 Å². The van der Waals surface area contributed by atoms with Crippen molar-refractivity contribution in [3.8, 4) is 0 Å². The van der Waals surface area contributed by atoms with Crippen LogP contribution in [0.2, 0.25) is 0 Å². The van der Waals surface area contributed by atoms with E-state index in [4.69, 9.17) is 14.1 Å². The van der Waals surface area contributed by atoms with Crippen molar-refractivity contribution in [1.29, 1.82) is 0 Å². The summed E-state index contributed by atoms with van der Waals surface area (Å²) < 4.78 is 10.6. The van der Waals surface area contributed by atoms with E-state index in [-0.39, 0.29) is 11.9 Å². The maximum Gasteiger partial charge on any atom is 0.309 e. The molecule has 0 bridgehead atoms. The lowest BCUT2D eigenvalue weighted by molar-refractivity contribution is -0.149. The molecule has 0 aromatic carbocycles. The van der Waals surface area contributed by atoms with E-state index >= 15 is 0 Å². The normalized spacial score (nSPS) is 19.7. The second-order valence-corrected chi connectivity index (χ2v) is 7.17. The number of hydrogen-bond donors (Lipinski definition) is 1. The van der Waals surface area contributed by atoms with Gasteiger partial charge in [-0.1, -0.05) is 12.8 Å². The van der Waals surface area contributed by atoms with Crippen LogP contribution in [-0.4, -0.2) is 49.1 Å². The third-order valence-electron chi connectivity index (χ3n) is 5.30. The molecule has 0 spiro atoms. The molecule has 26 heavy (non-hydrogen) atoms. The summed E-state index contributed by atoms with van der Waals surface area (Å²) in [7, 11) is 0. The van der Waals surface area contributed by atoms with Gasteiger partial charge in [-0.3, -0.25) is 9.79 Å². The van der Waals surface area contributed by atoms with Crippen molar-refractivity contribution in [3.05, 3.63) is 24.2 Å². The molecule has 1 aliphatic heterocycles. The molecule has 1 aromatic rings. The minimum Gasteiger partial charge on any atom is -0.469 e. The molecule has 3 rings (SSSR count). The van der Waals surface area contributed by atoms with Crippen molar-refractivity contribution in [2.75, 3.05) is 26.2 Å². The Morgan fingerprint density at radius 3 is 2.73 bits per heavy atom. The number of nitrogens with zero attached hydrogens (tertiary/aromatic N) is 2. The number of ether oxygens (including phenoxy) is 1. The van der Waals surface area contributed by atoms with Gasteiger partial charge in [-0.15, -0.1) is 0 Å². The second kappa shape index (κ2) is 9.64. The van der Waals surface area contributed by atoms with Gasteiger partial charge < -0.3 is 19.4 Å². The molecule has 2 heterocycles. The quantitative estimate of drug-likeness (QED) is 0.479. The lowest BCUT2D eigenvalue weighted by Gasteiger charge is -2.34. The predicted octanol–water partition coefficient (Wildman–Crippen LogP) is 2.99. The van der Waals surface area contributed by atoms with E-state index in [0.717, 1.165) is 44.1 Å². The standard InChI is InChI=1S/C20H31N3O3/c1-2-25-19(24)16-10-13-23(14-11-16)20(22-17-6-3-4-7-17)21-12-9-18-8-5-15-26-18/h5,8,15-17H,2-4,6-7,9-14H2,1H3,(H,21,22). The Labute approximate surface area is 156 Å². The molecular weight excluding hydrogens is 330 g/mol. The molecule has 0 amide bonds. The number of rotatable bonds is 6. The molecule has 0 unspecified atom stereocenters. The zero-order valence-corrected chi connectivity index (χ0v) is 15.8. The highest BCUT2D eigenvalue weighted by molar-refractivity contribution is 5.81. The maximum absolute atomic E-state index is 12.0. The van der Waals surface area contributed by atoms with Crippen LogP contribution < -0.4 is 5.32 Å². The summed E-state index contributed by atoms with van der Waals surface area (Å²) >= 11 is 0. The lowest BCUT2D eigenvalue weighted by Crippen LogP contribution is -2.49. The Balaban J connectivity index is 1.56. The number of likely N-dealkylation sites (tertiary alicyclic amines) is 1. The Morgan fingerprint density at radius 1 is 1.31 bits per heavy atom. The first-order chi connectivity index (χ1) is 12.8. The zero-order valence-electron chi connectivity index (χ0n) is 15.8. The lowest BCUT2D eigenvalue weighted by atomic mass is 9.97. The van der Waals surface area contributed by atoms with Crippen LogP contribution in [0.3, 0.4) is 0 Å². The fourth-order valence-electron chi connectivity index (χ4n) is 3.80. The Kier molecular flexibility index (Phi) is 6.97. The minimum absolute atomic E-state index is 0.0297. The number of aliphatic imine (C=N–C) groups is 1. The number of nitrogens with one attached hydrogen (secondary N) is 1. The van der Waals surface area contributed by atoms with E-state index in [1.807, 2.05) is 19.1 Å². The predicted molar refractivity (Wildman–Crippen MR) is 101 cm³/mol. The van der Waals surface area contributed by atoms with Crippen molar-refractivity contribution < 1.29 is 13.9 Å². The van der Waals surface area contributed by atoms with Gasteiger partial charge >= 0.3 is 5.97 Å². The molecule has 1 saturated heterocycles. The largest absolute Gasteiger partial charge is 0.469 e. The molecule has 1 N–H and O–H groups in total. The van der Waals surface area contributed by atoms with E-state index in [9.17, 15) is 4.79 Å². The Morgan fingerprint density at radius 2 is 2.08 bits per heavy atom. The molecule has 2 aliphatic rings. The molecule has 1 saturated carbocycles. The van der Waals surface area contributed by atoms with E-state index in [0.29, 0.717) is 19.2 Å². The van der Waals surface area contributed by atoms with Crippen LogP contribution in [0.4, 0.5) is 0 Å². The SMILES string of the molecule is CCOC(=O)C1CCN(C(=NCCc2ccco2)NC2CCCC2)CC1. The second-order valence-electron chi connectivity index (χ2n) is 7.17. The first-order valence-corrected chi connectivity index (χ1v) is 10.0. The van der Waals surface area contributed by atoms with E-state index in [1.165, 1.54) is 25.7 Å². The smallest absolute Gasteiger partial charge is 0.309 e. The fourth-order valence-corrected chi connectivity index (χ4v) is 3.80. The number of hydrogen-bond acceptors (Lipinski definition) is 4. The van der Waals surface area contributed by atoms with Gasteiger partial charge in [0, 0.05) is 32.1 Å². The van der Waals surface area contributed by atoms with Crippen molar-refractivity contribution >= 4 is 11.9 Å². The number of carbonyl (C=O) groups excluding carboxylic acids is 1. The highest BCUT2D eigenvalue weighted by atomic mass is 16.5. The van der Waals surface area contributed by atoms with Crippen LogP contribution in [0.1, 0.15) is 51.2 Å². The average molecular weight is 361 g/mol. The van der Waals surface area contributed by atoms with E-state index < -0.39 is 0 Å². The number of carbonyl (C=O) groups is 1. The maximum atomic E-state index is 12.0. The van der Waals surface area contributed by atoms with Crippen molar-refractivity contribution in [2.24, 2.45) is 10.9 Å². The molecule has 1 aromatic heterocycles. The number of esters is 1. The van der Waals surface area contributed by atoms with Crippen LogP contribution in [-0.2, 0) is 16.0 Å². The van der Waals surface area contributed by atoms with Gasteiger partial charge in [0.1, 0.15) is 5.76 Å². The molecular formula is C20H31N3O3. The van der Waals surface area contributed by atoms with Gasteiger partial charge in [-0.25, -0.2) is 0 Å². The van der Waals surface area contributed by atoms with Crippen molar-refractivity contribution in [2.45, 2.75) is 57.9 Å². The van der Waals surface area contributed by atoms with E-state index in [2.05, 4.69) is 10.2 Å². The summed E-state index contributed by atoms with van der Waals surface area (Å²) in [5, 5.41) is 3.66. The molecule has 1 aliphatic carbocycles. The first kappa shape index (κ1) is 18.8. The number of piperidine rings is 1. The van der Waals surface area contributed by atoms with Gasteiger partial charge in [0.25, 0.3) is 0 Å². The van der Waals surface area contributed by atoms with E-state index in [1.54, 1.807) is 6.26 Å². The summed E-state index contributed by atoms with van der Waals surface area (Å²) in [4.78, 5) is 19.1. The van der Waals surface area contributed by atoms with Gasteiger partial charge in [-0.2, -0.15) is 0 Å². The summed E-state index contributed by atoms with van der Waals surface area (Å²) in [6, 6.07) is 4.43. The average Bonchev–Trinajstić information content (AvgIpc) is 3.35. The van der Waals surface area contributed by atoms with Crippen molar-refractivity contribution in [3.63, 3.8) is 0 Å². The van der Waals surface area contributed by atoms with Crippen molar-refractivity contribution in [1.82, 2.24) is 10.2 Å². The molecule has 6 nitrogen and oxygen atoms in total. The van der Waals surface area contributed by atoms with Gasteiger partial charge in [-0.05, 0) is 44.7 Å². The third kappa shape index (κ3) is 5.26. The molecule has 144 valence electrons. The first-order valence-electron chi connectivity index (χ1n) is 10.0. The van der Waals surface area contributed by atoms with Crippen LogP contribution in [0, 0.1) is 5.92 Å². The molecule has 0 atom stereocenters. The zero-order chi connectivity index (χ0) is 18.2. The summed E-state index contributed by atoms with van der Waals surface area (Å²) in [5.74, 6) is 1.94. The highest BCUT2D eigenvalue weighted by Crippen LogP contribution is 2.21. The number of furan rings is 1. The fraction of sp³-hybridized carbons (Fsp3) is 0.700. The third-order valence-corrected chi connectivity index (χ3v) is 5.30. The molecule has 0 radical (unpaired) electrons. The summed E-state index contributed by atoms with van der Waals surface area (Å²) in [6.07, 6.45) is 9.21. The number of guanidine groups is 1. The summed E-state index contributed by atoms with van der Waals surface area (Å²) in [6.45, 7) is 4.73. The van der Waals surface area contributed by atoms with Gasteiger partial charge in [0.15, 0.2) is 5.96 Å². The minimum atomic E-state index is -0.0489. The Hall–Kier alpha value is -1.98. The summed E-state index contributed by atoms with van der Waals surface area (Å²) in [5.41, 5.74) is 0. The van der Waals surface area contributed by atoms with Crippen LogP contribution in [0.5, 0.6) is 0 Å². The highest BCUT2D eigenvalue weighted by Gasteiger charge is 2.28. The molecule has 2 fully saturated rings. The van der Waals surface area contributed by atoms with Gasteiger partial charge in [0.2, 0.25) is 0 Å². The van der Waals surface area contributed by atoms with Gasteiger partial charge in [0.05, 0.1) is 18.8 Å². The molecule has 6 heteroatoms. The Bertz CT molecular complexity index is 571. The van der Waals surface area contributed by atoms with Crippen LogP contribution in [0.25, 0.3) is 0 Å².